The largest absolute Gasteiger partial charge is 0.496 e. The van der Waals surface area contributed by atoms with Crippen molar-refractivity contribution in [1.29, 1.82) is 5.26 Å². The van der Waals surface area contributed by atoms with E-state index in [1.54, 1.807) is 13.2 Å². The fourth-order valence-electron chi connectivity index (χ4n) is 2.55. The topological polar surface area (TPSA) is 45.9 Å². The van der Waals surface area contributed by atoms with Gasteiger partial charge < -0.3 is 4.74 Å². The summed E-state index contributed by atoms with van der Waals surface area (Å²) in [5, 5.41) is 11.3. The number of methoxy groups -OCH3 is 1. The Morgan fingerprint density at radius 1 is 1.05 bits per heavy atom. The van der Waals surface area contributed by atoms with Crippen molar-refractivity contribution in [2.45, 2.75) is 6.92 Å². The molecule has 3 aromatic rings. The van der Waals surface area contributed by atoms with Crippen molar-refractivity contribution in [3.05, 3.63) is 59.9 Å². The maximum atomic E-state index is 9.12. The van der Waals surface area contributed by atoms with Crippen LogP contribution in [0.1, 0.15) is 11.1 Å². The van der Waals surface area contributed by atoms with E-state index in [1.165, 1.54) is 5.56 Å². The summed E-state index contributed by atoms with van der Waals surface area (Å²) >= 11 is 0. The average molecular weight is 274 g/mol. The van der Waals surface area contributed by atoms with Crippen LogP contribution in [0.15, 0.2) is 48.8 Å². The van der Waals surface area contributed by atoms with Crippen molar-refractivity contribution in [1.82, 2.24) is 4.98 Å². The zero-order valence-electron chi connectivity index (χ0n) is 11.9. The molecule has 0 aliphatic carbocycles. The second-order valence-corrected chi connectivity index (χ2v) is 4.88. The predicted molar refractivity (Wildman–Crippen MR) is 83.2 cm³/mol. The summed E-state index contributed by atoms with van der Waals surface area (Å²) in [7, 11) is 1.63. The fraction of sp³-hybridized carbons (Fsp3) is 0.111. The molecule has 0 bridgehead atoms. The number of aromatic nitrogens is 1. The number of pyridine rings is 1. The molecule has 0 atom stereocenters. The van der Waals surface area contributed by atoms with Gasteiger partial charge in [-0.3, -0.25) is 4.98 Å². The van der Waals surface area contributed by atoms with Crippen molar-refractivity contribution in [2.75, 3.05) is 7.11 Å². The zero-order valence-corrected chi connectivity index (χ0v) is 11.9. The van der Waals surface area contributed by atoms with Crippen LogP contribution < -0.4 is 4.74 Å². The Labute approximate surface area is 123 Å². The Morgan fingerprint density at radius 2 is 1.90 bits per heavy atom. The number of rotatable bonds is 2. The monoisotopic (exact) mass is 274 g/mol. The smallest absolute Gasteiger partial charge is 0.126 e. The van der Waals surface area contributed by atoms with Gasteiger partial charge in [0.1, 0.15) is 5.75 Å². The van der Waals surface area contributed by atoms with Crippen LogP contribution in [0.3, 0.4) is 0 Å². The van der Waals surface area contributed by atoms with E-state index in [-0.39, 0.29) is 0 Å². The van der Waals surface area contributed by atoms with Crippen LogP contribution in [0, 0.1) is 18.3 Å². The summed E-state index contributed by atoms with van der Waals surface area (Å²) in [6.45, 7) is 2.07. The second kappa shape index (κ2) is 5.26. The molecule has 0 radical (unpaired) electrons. The molecule has 0 amide bonds. The van der Waals surface area contributed by atoms with Crippen molar-refractivity contribution in [2.24, 2.45) is 0 Å². The molecule has 1 heterocycles. The first-order valence-electron chi connectivity index (χ1n) is 6.66. The number of aryl methyl sites for hydroxylation is 1. The first-order chi connectivity index (χ1) is 10.2. The maximum absolute atomic E-state index is 9.12. The van der Waals surface area contributed by atoms with Crippen LogP contribution in [0.2, 0.25) is 0 Å². The lowest BCUT2D eigenvalue weighted by molar-refractivity contribution is 0.416. The van der Waals surface area contributed by atoms with Gasteiger partial charge in [-0.05, 0) is 36.1 Å². The number of hydrogen-bond acceptors (Lipinski definition) is 3. The Bertz CT molecular complexity index is 863. The molecule has 3 nitrogen and oxygen atoms in total. The third kappa shape index (κ3) is 2.21. The Kier molecular flexibility index (Phi) is 3.29. The number of fused-ring (bicyclic) bond motifs is 1. The lowest BCUT2D eigenvalue weighted by atomic mass is 9.97. The van der Waals surface area contributed by atoms with E-state index in [0.29, 0.717) is 5.56 Å². The molecule has 0 saturated heterocycles. The summed E-state index contributed by atoms with van der Waals surface area (Å²) < 4.78 is 5.44. The van der Waals surface area contributed by atoms with Gasteiger partial charge in [0.2, 0.25) is 0 Å². The van der Waals surface area contributed by atoms with E-state index >= 15 is 0 Å². The number of hydrogen-bond donors (Lipinski definition) is 0. The highest BCUT2D eigenvalue weighted by atomic mass is 16.5. The van der Waals surface area contributed by atoms with Crippen molar-refractivity contribution in [3.8, 4) is 22.9 Å². The fourth-order valence-corrected chi connectivity index (χ4v) is 2.55. The molecule has 0 saturated carbocycles. The van der Waals surface area contributed by atoms with Gasteiger partial charge in [0.15, 0.2) is 0 Å². The molecule has 1 aromatic heterocycles. The van der Waals surface area contributed by atoms with Crippen LogP contribution in [-0.4, -0.2) is 12.1 Å². The van der Waals surface area contributed by atoms with Gasteiger partial charge in [-0.25, -0.2) is 0 Å². The highest BCUT2D eigenvalue weighted by Crippen LogP contribution is 2.35. The van der Waals surface area contributed by atoms with Crippen LogP contribution in [0.5, 0.6) is 5.75 Å². The minimum atomic E-state index is 0.607. The van der Waals surface area contributed by atoms with E-state index in [9.17, 15) is 0 Å². The molecular weight excluding hydrogens is 260 g/mol. The van der Waals surface area contributed by atoms with Gasteiger partial charge in [-0.1, -0.05) is 18.2 Å². The third-order valence-corrected chi connectivity index (χ3v) is 3.64. The maximum Gasteiger partial charge on any atom is 0.126 e. The molecule has 21 heavy (non-hydrogen) atoms. The van der Waals surface area contributed by atoms with Crippen molar-refractivity contribution < 1.29 is 4.74 Å². The van der Waals surface area contributed by atoms with Gasteiger partial charge in [-0.2, -0.15) is 5.26 Å². The Balaban J connectivity index is 2.36. The van der Waals surface area contributed by atoms with Crippen molar-refractivity contribution in [3.63, 3.8) is 0 Å². The lowest BCUT2D eigenvalue weighted by Crippen LogP contribution is -1.92. The highest BCUT2D eigenvalue weighted by molar-refractivity contribution is 5.98. The van der Waals surface area contributed by atoms with Gasteiger partial charge >= 0.3 is 0 Å². The zero-order chi connectivity index (χ0) is 14.8. The van der Waals surface area contributed by atoms with Gasteiger partial charge in [0.25, 0.3) is 0 Å². The lowest BCUT2D eigenvalue weighted by Gasteiger charge is -2.12. The van der Waals surface area contributed by atoms with Crippen LogP contribution in [-0.2, 0) is 0 Å². The minimum Gasteiger partial charge on any atom is -0.496 e. The number of nitriles is 1. The Morgan fingerprint density at radius 3 is 2.67 bits per heavy atom. The standard InChI is InChI=1S/C18H14N2O/c1-12-4-3-5-14-16(12)10-20-11-17(14)15-8-13(9-19)6-7-18(15)21-2/h3-8,10-11H,1-2H3. The second-order valence-electron chi connectivity index (χ2n) is 4.88. The van der Waals surface area contributed by atoms with E-state index < -0.39 is 0 Å². The van der Waals surface area contributed by atoms with E-state index in [1.807, 2.05) is 30.6 Å². The van der Waals surface area contributed by atoms with Crippen LogP contribution in [0.4, 0.5) is 0 Å². The van der Waals surface area contributed by atoms with Crippen LogP contribution in [0.25, 0.3) is 21.9 Å². The van der Waals surface area contributed by atoms with E-state index in [0.717, 1.165) is 27.6 Å². The number of ether oxygens (including phenoxy) is 1. The molecule has 0 aliphatic rings. The van der Waals surface area contributed by atoms with E-state index in [4.69, 9.17) is 10.00 Å². The molecule has 0 unspecified atom stereocenters. The van der Waals surface area contributed by atoms with Crippen LogP contribution >= 0.6 is 0 Å². The normalized spacial score (nSPS) is 10.3. The molecule has 0 spiro atoms. The summed E-state index contributed by atoms with van der Waals surface area (Å²) in [6, 6.07) is 13.8. The molecule has 2 aromatic carbocycles. The average Bonchev–Trinajstić information content (AvgIpc) is 2.54. The SMILES string of the molecule is COc1ccc(C#N)cc1-c1cncc2c(C)cccc12. The summed E-state index contributed by atoms with van der Waals surface area (Å²) in [4.78, 5) is 4.34. The van der Waals surface area contributed by atoms with Gasteiger partial charge in [0.05, 0.1) is 18.7 Å². The first kappa shape index (κ1) is 13.1. The summed E-state index contributed by atoms with van der Waals surface area (Å²) in [5.74, 6) is 0.741. The predicted octanol–water partition coefficient (Wildman–Crippen LogP) is 4.09. The molecule has 3 heteroatoms. The van der Waals surface area contributed by atoms with Gasteiger partial charge in [-0.15, -0.1) is 0 Å². The molecule has 0 N–H and O–H groups in total. The first-order valence-corrected chi connectivity index (χ1v) is 6.66. The number of nitrogens with zero attached hydrogens (tertiary/aromatic N) is 2. The molecular formula is C18H14N2O. The summed E-state index contributed by atoms with van der Waals surface area (Å²) in [5.41, 5.74) is 3.65. The molecule has 0 aliphatic heterocycles. The van der Waals surface area contributed by atoms with Crippen molar-refractivity contribution >= 4 is 10.8 Å². The minimum absolute atomic E-state index is 0.607. The molecule has 0 fully saturated rings. The number of benzene rings is 2. The molecule has 3 rings (SSSR count). The third-order valence-electron chi connectivity index (χ3n) is 3.64. The highest BCUT2D eigenvalue weighted by Gasteiger charge is 2.11. The quantitative estimate of drug-likeness (QED) is 0.707. The molecule has 102 valence electrons. The summed E-state index contributed by atoms with van der Waals surface area (Å²) in [6.07, 6.45) is 3.69. The Hall–Kier alpha value is -2.86. The van der Waals surface area contributed by atoms with E-state index in [2.05, 4.69) is 30.1 Å². The van der Waals surface area contributed by atoms with Gasteiger partial charge in [0, 0.05) is 28.9 Å².